The Balaban J connectivity index is 1.06. The summed E-state index contributed by atoms with van der Waals surface area (Å²) in [7, 11) is 0. The van der Waals surface area contributed by atoms with Crippen LogP contribution in [-0.2, 0) is 0 Å². The molecule has 0 fully saturated rings. The lowest BCUT2D eigenvalue weighted by atomic mass is 10.0. The average molecular weight is 750 g/mol. The van der Waals surface area contributed by atoms with E-state index < -0.39 is 0 Å². The lowest BCUT2D eigenvalue weighted by Gasteiger charge is -2.10. The lowest BCUT2D eigenvalue weighted by molar-refractivity contribution is 0.666. The van der Waals surface area contributed by atoms with E-state index in [-0.39, 0.29) is 0 Å². The van der Waals surface area contributed by atoms with Crippen molar-refractivity contribution < 1.29 is 8.83 Å². The van der Waals surface area contributed by atoms with Gasteiger partial charge in [-0.05, 0) is 42.5 Å². The van der Waals surface area contributed by atoms with Crippen molar-refractivity contribution in [1.29, 1.82) is 0 Å². The summed E-state index contributed by atoms with van der Waals surface area (Å²) in [6.07, 6.45) is 0. The maximum absolute atomic E-state index is 6.64. The van der Waals surface area contributed by atoms with Crippen LogP contribution < -0.4 is 0 Å². The molecule has 0 aliphatic heterocycles. The highest BCUT2D eigenvalue weighted by Crippen LogP contribution is 2.42. The summed E-state index contributed by atoms with van der Waals surface area (Å²) >= 11 is 1.76. The third-order valence-corrected chi connectivity index (χ3v) is 11.8. The van der Waals surface area contributed by atoms with Gasteiger partial charge >= 0.3 is 0 Å². The summed E-state index contributed by atoms with van der Waals surface area (Å²) in [5.74, 6) is 2.43. The van der Waals surface area contributed by atoms with Crippen molar-refractivity contribution in [3.8, 4) is 56.8 Å². The molecule has 12 rings (SSSR count). The van der Waals surface area contributed by atoms with Crippen LogP contribution >= 0.6 is 11.3 Å². The van der Waals surface area contributed by atoms with Gasteiger partial charge in [-0.25, -0.2) is 24.9 Å². The molecule has 0 bridgehead atoms. The first-order valence-electron chi connectivity index (χ1n) is 18.7. The standard InChI is InChI=1S/C49H27N5O2S/c1-3-13-28(14-4-1)46-50-42(44-43(51-46)34-18-7-9-22-37(34)56-44)30-25-26-33-39(27-30)55-38-23-12-20-35(41(33)38)48-52-47(29-15-5-2-6-16-29)53-49(54-48)36-21-11-19-32-31-17-8-10-24-40(31)57-45(32)36/h1-27H. The Kier molecular flexibility index (Phi) is 6.96. The molecule has 0 spiro atoms. The topological polar surface area (TPSA) is 90.7 Å². The van der Waals surface area contributed by atoms with Gasteiger partial charge in [0.15, 0.2) is 28.9 Å². The highest BCUT2D eigenvalue weighted by Gasteiger charge is 2.22. The van der Waals surface area contributed by atoms with Gasteiger partial charge in [-0.2, -0.15) is 0 Å². The molecule has 5 aromatic heterocycles. The summed E-state index contributed by atoms with van der Waals surface area (Å²) in [5.41, 5.74) is 8.84. The van der Waals surface area contributed by atoms with E-state index in [4.69, 9.17) is 33.8 Å². The van der Waals surface area contributed by atoms with Crippen molar-refractivity contribution in [2.45, 2.75) is 0 Å². The van der Waals surface area contributed by atoms with Crippen molar-refractivity contribution in [2.75, 3.05) is 0 Å². The predicted molar refractivity (Wildman–Crippen MR) is 230 cm³/mol. The van der Waals surface area contributed by atoms with Crippen LogP contribution in [0, 0.1) is 0 Å². The molecule has 0 amide bonds. The minimum atomic E-state index is 0.571. The van der Waals surface area contributed by atoms with Gasteiger partial charge in [0, 0.05) is 64.1 Å². The SMILES string of the molecule is c1ccc(-c2nc(-c3cccc4c3sc3ccccc34)nc(-c3cccc4oc5cc(-c6nc(-c7ccccc7)nc7c6oc6ccccc67)ccc5c34)n2)cc1. The average Bonchev–Trinajstić information content (AvgIpc) is 3.97. The summed E-state index contributed by atoms with van der Waals surface area (Å²) in [6.45, 7) is 0. The van der Waals surface area contributed by atoms with Crippen LogP contribution in [0.15, 0.2) is 173 Å². The maximum Gasteiger partial charge on any atom is 0.180 e. The fraction of sp³-hybridized carbons (Fsp3) is 0. The Labute approximate surface area is 328 Å². The third kappa shape index (κ3) is 5.08. The number of rotatable bonds is 5. The van der Waals surface area contributed by atoms with Crippen molar-refractivity contribution in [1.82, 2.24) is 24.9 Å². The molecule has 8 heteroatoms. The van der Waals surface area contributed by atoms with Gasteiger partial charge < -0.3 is 8.83 Å². The second kappa shape index (κ2) is 12.5. The van der Waals surface area contributed by atoms with Gasteiger partial charge in [-0.15, -0.1) is 11.3 Å². The minimum Gasteiger partial charge on any atom is -0.456 e. The zero-order valence-electron chi connectivity index (χ0n) is 30.0. The number of nitrogens with zero attached hydrogens (tertiary/aromatic N) is 5. The first-order valence-corrected chi connectivity index (χ1v) is 19.5. The molecular formula is C49H27N5O2S. The van der Waals surface area contributed by atoms with Crippen LogP contribution in [0.3, 0.4) is 0 Å². The summed E-state index contributed by atoms with van der Waals surface area (Å²) < 4.78 is 15.5. The van der Waals surface area contributed by atoms with E-state index in [1.54, 1.807) is 11.3 Å². The highest BCUT2D eigenvalue weighted by molar-refractivity contribution is 7.26. The number of thiophene rings is 1. The number of fused-ring (bicyclic) bond motifs is 9. The molecule has 0 saturated heterocycles. The minimum absolute atomic E-state index is 0.571. The molecular weight excluding hydrogens is 723 g/mol. The molecule has 0 atom stereocenters. The Hall–Kier alpha value is -7.55. The zero-order valence-corrected chi connectivity index (χ0v) is 30.9. The Bertz CT molecular complexity index is 3540. The van der Waals surface area contributed by atoms with Gasteiger partial charge in [0.25, 0.3) is 0 Å². The Morgan fingerprint density at radius 3 is 1.84 bits per heavy atom. The number of furan rings is 2. The summed E-state index contributed by atoms with van der Waals surface area (Å²) in [5, 5.41) is 5.23. The molecule has 0 saturated carbocycles. The molecule has 0 N–H and O–H groups in total. The van der Waals surface area contributed by atoms with Crippen LogP contribution in [0.5, 0.6) is 0 Å². The van der Waals surface area contributed by atoms with Gasteiger partial charge in [0.2, 0.25) is 0 Å². The first kappa shape index (κ1) is 31.8. The van der Waals surface area contributed by atoms with Gasteiger partial charge in [-0.3, -0.25) is 0 Å². The molecule has 7 nitrogen and oxygen atoms in total. The van der Waals surface area contributed by atoms with E-state index in [1.165, 1.54) is 15.5 Å². The predicted octanol–water partition coefficient (Wildman–Crippen LogP) is 13.2. The fourth-order valence-corrected chi connectivity index (χ4v) is 9.13. The number of hydrogen-bond acceptors (Lipinski definition) is 8. The molecule has 57 heavy (non-hydrogen) atoms. The fourth-order valence-electron chi connectivity index (χ4n) is 7.92. The van der Waals surface area contributed by atoms with Crippen LogP contribution in [0.25, 0.3) is 121 Å². The van der Waals surface area contributed by atoms with Crippen LogP contribution in [0.2, 0.25) is 0 Å². The zero-order chi connectivity index (χ0) is 37.5. The Morgan fingerprint density at radius 2 is 1.02 bits per heavy atom. The van der Waals surface area contributed by atoms with Gasteiger partial charge in [-0.1, -0.05) is 121 Å². The lowest BCUT2D eigenvalue weighted by Crippen LogP contribution is -2.00. The molecule has 12 aromatic rings. The second-order valence-electron chi connectivity index (χ2n) is 14.0. The highest BCUT2D eigenvalue weighted by atomic mass is 32.1. The first-order chi connectivity index (χ1) is 28.2. The van der Waals surface area contributed by atoms with E-state index in [9.17, 15) is 0 Å². The van der Waals surface area contributed by atoms with Crippen LogP contribution in [0.1, 0.15) is 0 Å². The molecule has 0 unspecified atom stereocenters. The van der Waals surface area contributed by atoms with E-state index in [0.29, 0.717) is 40.2 Å². The van der Waals surface area contributed by atoms with Crippen molar-refractivity contribution in [2.24, 2.45) is 0 Å². The number of aromatic nitrogens is 5. The van der Waals surface area contributed by atoms with Gasteiger partial charge in [0.05, 0.1) is 0 Å². The summed E-state index contributed by atoms with van der Waals surface area (Å²) in [6, 6.07) is 55.2. The van der Waals surface area contributed by atoms with E-state index >= 15 is 0 Å². The van der Waals surface area contributed by atoms with Crippen LogP contribution in [-0.4, -0.2) is 24.9 Å². The van der Waals surface area contributed by atoms with Crippen molar-refractivity contribution in [3.05, 3.63) is 164 Å². The quantitative estimate of drug-likeness (QED) is 0.173. The molecule has 266 valence electrons. The molecule has 0 aliphatic rings. The van der Waals surface area contributed by atoms with Gasteiger partial charge in [0.1, 0.15) is 28.0 Å². The Morgan fingerprint density at radius 1 is 0.386 bits per heavy atom. The largest absolute Gasteiger partial charge is 0.456 e. The third-order valence-electron chi connectivity index (χ3n) is 10.6. The summed E-state index contributed by atoms with van der Waals surface area (Å²) in [4.78, 5) is 25.6. The number of hydrogen-bond donors (Lipinski definition) is 0. The van der Waals surface area contributed by atoms with E-state index in [0.717, 1.165) is 65.4 Å². The van der Waals surface area contributed by atoms with E-state index in [1.807, 2.05) is 103 Å². The molecule has 7 aromatic carbocycles. The smallest absolute Gasteiger partial charge is 0.180 e. The van der Waals surface area contributed by atoms with Crippen LogP contribution in [0.4, 0.5) is 0 Å². The normalized spacial score (nSPS) is 11.9. The van der Waals surface area contributed by atoms with Crippen molar-refractivity contribution in [3.63, 3.8) is 0 Å². The second-order valence-corrected chi connectivity index (χ2v) is 15.0. The number of benzene rings is 7. The molecule has 0 radical (unpaired) electrons. The molecule has 0 aliphatic carbocycles. The number of para-hydroxylation sites is 1. The van der Waals surface area contributed by atoms with E-state index in [2.05, 4.69) is 60.7 Å². The monoisotopic (exact) mass is 749 g/mol. The van der Waals surface area contributed by atoms with Crippen molar-refractivity contribution >= 4 is 75.5 Å². The maximum atomic E-state index is 6.64. The molecule has 5 heterocycles.